The van der Waals surface area contributed by atoms with Crippen LogP contribution in [0.2, 0.25) is 107 Å². The predicted octanol–water partition coefficient (Wildman–Crippen LogP) is 18.3. The molecule has 0 bridgehead atoms. The second-order valence-corrected chi connectivity index (χ2v) is 52.3. The Morgan fingerprint density at radius 1 is 0.347 bits per heavy atom. The molecule has 0 aromatic heterocycles. The molecule has 0 fully saturated rings. The van der Waals surface area contributed by atoms with Crippen molar-refractivity contribution in [1.29, 1.82) is 5.26 Å². The monoisotopic (exact) mass is 4170 g/mol. The van der Waals surface area contributed by atoms with Gasteiger partial charge in [-0.3, -0.25) is 28.8 Å². The number of carboxylic acid groups (broad SMARTS) is 3. The zero-order valence-electron chi connectivity index (χ0n) is 76.2. The van der Waals surface area contributed by atoms with Gasteiger partial charge in [0.05, 0.1) is 113 Å². The molecule has 8 aliphatic rings. The number of fused-ring (bicyclic) bond motifs is 8. The molecule has 4 heterocycles. The van der Waals surface area contributed by atoms with Gasteiger partial charge in [-0.25, -0.2) is 5.26 Å². The van der Waals surface area contributed by atoms with Crippen molar-refractivity contribution in [2.24, 2.45) is 0 Å². The zero-order chi connectivity index (χ0) is 109. The minimum Gasteiger partial charge on any atom is -0.871 e. The van der Waals surface area contributed by atoms with E-state index in [4.69, 9.17) is 224 Å². The first-order valence-electron chi connectivity index (χ1n) is 38.2. The summed E-state index contributed by atoms with van der Waals surface area (Å²) >= 11 is 134. The Morgan fingerprint density at radius 2 is 0.567 bits per heavy atom. The molecule has 150 heavy (non-hydrogen) atoms. The summed E-state index contributed by atoms with van der Waals surface area (Å²) in [6.45, 7) is 8.69. The summed E-state index contributed by atoms with van der Waals surface area (Å²) in [6, 6.07) is 13.3. The molecule has 0 unspecified atom stereocenters. The average Bonchev–Trinajstić information content (AvgIpc) is 0.736. The van der Waals surface area contributed by atoms with E-state index >= 15 is 0 Å². The van der Waals surface area contributed by atoms with Crippen LogP contribution in [-0.2, 0) is 20.8 Å². The smallest absolute Gasteiger partial charge is 0.871 e. The molecule has 4 aliphatic heterocycles. The van der Waals surface area contributed by atoms with Gasteiger partial charge >= 0.3 is 154 Å². The number of benzene rings is 12. The molecule has 4 aliphatic carbocycles. The second-order valence-electron chi connectivity index (χ2n) is 28.3. The number of aliphatic carboxylic acids is 2. The van der Waals surface area contributed by atoms with Crippen molar-refractivity contribution in [3.63, 3.8) is 0 Å². The maximum Gasteiger partial charge on any atom is 1.00 e. The summed E-state index contributed by atoms with van der Waals surface area (Å²) in [6.07, 6.45) is 0.418. The van der Waals surface area contributed by atoms with Crippen LogP contribution in [0.3, 0.4) is 0 Å². The Kier molecular flexibility index (Phi) is 65.0. The van der Waals surface area contributed by atoms with Gasteiger partial charge in [0.25, 0.3) is 13.2 Å². The van der Waals surface area contributed by atoms with Gasteiger partial charge in [0.1, 0.15) is 43.9 Å². The summed E-state index contributed by atoms with van der Waals surface area (Å²) in [7, 11) is 5.47. The summed E-state index contributed by atoms with van der Waals surface area (Å²) < 4.78 is 30.8. The van der Waals surface area contributed by atoms with Gasteiger partial charge in [0.15, 0.2) is 30.3 Å². The van der Waals surface area contributed by atoms with E-state index in [1.54, 1.807) is 96.1 Å². The standard InChI is InChI=1S/C21H6Cl4I4O5.C20H4Cl4I4O5.2C20H6Cl4I4O3.C3H6BO2.C2H3BN.C2H4BO.CH4O.5Na/c22-12-4(3-9(30)31)11(13(23)15(25)14(12)24)10-5-1-7(26)18(32)16(28)20(5)34-21-6(10)2-8(27)19(33)17(21)29;21-10-8(9(20(31)32)11(22)13(24)12(10)23)7-3-1-5(25)16(29)14(27)18(3)33-19-4(7)2-6(26)17(30)15(19)28;2*1-4-9(12(22)14(24)13(23)11(4)21)10-5-2-7(25)17(29)15(27)19(5)31-20-6(10)3-8(26)18(30)16(20)28;1-4-2-3(5)6;2*1-3-2-4;1-2;;;;;/h1-2,32H,3H2,(H,30,31);1-2,29H,(H,31,32);2*2-3,29H,1H3;2H2,1H3,(H,5,6);1H3;2H,1H3;2H,1H3;;;;;/q;;;;;;;;5*+1/p-5. The van der Waals surface area contributed by atoms with Crippen molar-refractivity contribution in [2.75, 3.05) is 7.11 Å². The van der Waals surface area contributed by atoms with E-state index in [-0.39, 0.29) is 331 Å². The summed E-state index contributed by atoms with van der Waals surface area (Å²) in [5, 5.41) is 97.6. The van der Waals surface area contributed by atoms with Crippen molar-refractivity contribution in [3.8, 4) is 119 Å². The van der Waals surface area contributed by atoms with Crippen molar-refractivity contribution in [2.45, 2.75) is 47.1 Å². The number of hydrogen-bond donors (Lipinski definition) is 3. The van der Waals surface area contributed by atoms with Gasteiger partial charge in [0, 0.05) is 136 Å². The van der Waals surface area contributed by atoms with Crippen molar-refractivity contribution in [1.82, 2.24) is 0 Å². The molecule has 61 heteroatoms. The number of aliphatic hydroxyl groups is 1. The number of nitriles is 1. The number of carbonyl (C=O) groups excluding carboxylic acids is 2. The third-order valence-electron chi connectivity index (χ3n) is 19.8. The summed E-state index contributed by atoms with van der Waals surface area (Å²) in [5.41, 5.74) is 6.76. The molecule has 8 aromatic rings. The van der Waals surface area contributed by atoms with Gasteiger partial charge in [-0.15, -0.1) is 0 Å². The Labute approximate surface area is 1260 Å². The number of aliphatic hydroxyl groups excluding tert-OH is 1. The summed E-state index contributed by atoms with van der Waals surface area (Å²) in [4.78, 5) is 93.2. The normalized spacial score (nSPS) is 10.5. The van der Waals surface area contributed by atoms with Crippen LogP contribution in [-0.4, -0.2) is 68.4 Å². The van der Waals surface area contributed by atoms with Crippen LogP contribution in [0.1, 0.15) is 27.0 Å². The SMILES string of the molecule is CO.C[B]C#N.C[B]C=O.C[B]CC(=O)O.Cc1c(Cl)c(Cl)c(Cl)c(Cl)c1-c1c2cc(I)c(=O)c(I)c-2oc2c(I)c([O-])c(I)cc12.Cc1c(Cl)c(Cl)c(Cl)c(Cl)c1-c1c2cc(I)c(=O)c(I)c-2oc2c(I)c([O-])c(I)cc12.O=C(O)Cc1c(Cl)c(Cl)c(Cl)c(Cl)c1-c1c2cc(I)c(=O)c(I)c-2oc2c(I)c([O-])c(I)cc12.O=C([O-])c1c(Cl)c(Cl)c(Cl)c(Cl)c1-c1c2cc(I)c(=O)c(I)c-2oc2c(I)c([O-])c(I)cc12.[Na+].[Na+].[Na+].[Na+].[Na+]. The van der Waals surface area contributed by atoms with Crippen LogP contribution in [0.15, 0.2) is 85.4 Å². The molecular weight excluding hydrogens is 4150 g/mol. The van der Waals surface area contributed by atoms with E-state index < -0.39 is 29.9 Å². The van der Waals surface area contributed by atoms with Crippen LogP contribution >= 0.6 is 547 Å². The molecule has 0 spiro atoms. The fourth-order valence-electron chi connectivity index (χ4n) is 13.6. The summed E-state index contributed by atoms with van der Waals surface area (Å²) in [5.74, 6) is -1.46. The molecule has 21 nitrogen and oxygen atoms in total. The topological polar surface area (TPSA) is 389 Å². The number of hydrogen-bond acceptors (Lipinski definition) is 19. The minimum absolute atomic E-state index is 0. The first-order chi connectivity index (χ1) is 67.8. The Morgan fingerprint density at radius 3 is 0.787 bits per heavy atom. The molecule has 3 N–H and O–H groups in total. The zero-order valence-corrected chi connectivity index (χ0v) is 133. The minimum atomic E-state index is -1.63. The molecule has 0 saturated heterocycles. The number of rotatable bonds is 10. The van der Waals surface area contributed by atoms with Crippen LogP contribution in [0, 0.1) is 82.2 Å². The fourth-order valence-corrected chi connectivity index (χ4v) is 32.1. The van der Waals surface area contributed by atoms with E-state index in [0.717, 1.165) is 13.3 Å². The van der Waals surface area contributed by atoms with Gasteiger partial charge in [0.2, 0.25) is 21.7 Å². The molecule has 16 rings (SSSR count). The molecule has 0 saturated carbocycles. The fraction of sp³-hybridized carbons (Fsp3) is 0.0899. The van der Waals surface area contributed by atoms with E-state index in [9.17, 15) is 64.2 Å². The average molecular weight is 4180 g/mol. The van der Waals surface area contributed by atoms with E-state index in [1.165, 1.54) is 14.6 Å². The number of carboxylic acids is 3. The molecular formula is C89H34B3Cl16I16NNa5O20. The molecule has 3 radical (unpaired) electrons. The molecule has 753 valence electrons. The third-order valence-corrected chi connectivity index (χ3v) is 41.5. The predicted molar refractivity (Wildman–Crippen MR) is 713 cm³/mol. The van der Waals surface area contributed by atoms with Crippen LogP contribution < -0.4 is 195 Å². The largest absolute Gasteiger partial charge is 1.00 e. The maximum absolute atomic E-state index is 12.7. The first kappa shape index (κ1) is 149. The van der Waals surface area contributed by atoms with Crippen molar-refractivity contribution < 1.29 is 225 Å². The van der Waals surface area contributed by atoms with Crippen molar-refractivity contribution >= 4 is 637 Å². The second kappa shape index (κ2) is 65.4. The van der Waals surface area contributed by atoms with Crippen LogP contribution in [0.5, 0.6) is 23.0 Å². The molecule has 0 amide bonds. The molecule has 0 atom stereocenters. The number of aromatic carboxylic acids is 1. The Hall–Kier alpha value is 6.76. The van der Waals surface area contributed by atoms with Crippen molar-refractivity contribution in [3.05, 3.63) is 249 Å². The maximum atomic E-state index is 12.7. The van der Waals surface area contributed by atoms with Gasteiger partial charge in [-0.05, 0) is 446 Å². The Bertz CT molecular complexity index is 8090. The van der Waals surface area contributed by atoms with Gasteiger partial charge in [-0.2, -0.15) is 0 Å². The van der Waals surface area contributed by atoms with Crippen LogP contribution in [0.25, 0.3) is 134 Å². The quantitative estimate of drug-likeness (QED) is 0.0286. The number of nitrogens with zero attached hydrogens (tertiary/aromatic N) is 1. The van der Waals surface area contributed by atoms with Crippen LogP contribution in [0.4, 0.5) is 0 Å². The third kappa shape index (κ3) is 31.7. The first-order valence-corrected chi connectivity index (χ1v) is 61.5. The van der Waals surface area contributed by atoms with E-state index in [0.29, 0.717) is 155 Å². The van der Waals surface area contributed by atoms with Gasteiger partial charge in [-0.1, -0.05) is 229 Å². The number of halogens is 32. The van der Waals surface area contributed by atoms with E-state index in [2.05, 4.69) is 0 Å². The molecule has 8 aromatic carbocycles. The van der Waals surface area contributed by atoms with Gasteiger partial charge < -0.3 is 68.1 Å². The number of carbonyl (C=O) groups is 4. The Balaban J connectivity index is 0.000000392. The van der Waals surface area contributed by atoms with E-state index in [1.807, 2.05) is 361 Å².